The molecule has 30 heavy (non-hydrogen) atoms. The van der Waals surface area contributed by atoms with Crippen molar-refractivity contribution in [2.24, 2.45) is 35.0 Å². The molecule has 4 saturated carbocycles. The van der Waals surface area contributed by atoms with Crippen molar-refractivity contribution in [3.8, 4) is 0 Å². The Labute approximate surface area is 186 Å². The van der Waals surface area contributed by atoms with E-state index in [1.807, 2.05) is 0 Å². The van der Waals surface area contributed by atoms with Crippen molar-refractivity contribution in [3.05, 3.63) is 0 Å². The summed E-state index contributed by atoms with van der Waals surface area (Å²) in [5, 5.41) is 0. The lowest BCUT2D eigenvalue weighted by molar-refractivity contribution is -0.153. The number of carbonyl (C=O) groups is 1. The number of fused-ring (bicyclic) bond motifs is 5. The van der Waals surface area contributed by atoms with Crippen LogP contribution in [0.4, 0.5) is 0 Å². The summed E-state index contributed by atoms with van der Waals surface area (Å²) in [5.74, 6) is 4.97. The Bertz CT molecular complexity index is 543. The maximum Gasteiger partial charge on any atom is 0.305 e. The van der Waals surface area contributed by atoms with Crippen molar-refractivity contribution in [2.45, 2.75) is 129 Å². The van der Waals surface area contributed by atoms with E-state index in [0.29, 0.717) is 11.8 Å². The summed E-state index contributed by atoms with van der Waals surface area (Å²) in [6.45, 7) is 3.00. The first-order chi connectivity index (χ1) is 14.7. The van der Waals surface area contributed by atoms with Crippen LogP contribution in [-0.2, 0) is 9.53 Å². The smallest absolute Gasteiger partial charge is 0.305 e. The largest absolute Gasteiger partial charge is 0.465 e. The molecule has 4 aliphatic carbocycles. The molecule has 0 aromatic heterocycles. The molecule has 0 aromatic rings. The Morgan fingerprint density at radius 1 is 0.767 bits per heavy atom. The highest BCUT2D eigenvalue weighted by molar-refractivity contribution is 5.69. The van der Waals surface area contributed by atoms with Crippen LogP contribution >= 0.6 is 0 Å². The van der Waals surface area contributed by atoms with E-state index >= 15 is 0 Å². The topological polar surface area (TPSA) is 26.3 Å². The van der Waals surface area contributed by atoms with E-state index in [4.69, 9.17) is 4.74 Å². The molecule has 4 aliphatic rings. The second-order valence-electron chi connectivity index (χ2n) is 11.5. The Kier molecular flexibility index (Phi) is 8.20. The lowest BCUT2D eigenvalue weighted by Crippen LogP contribution is -2.49. The normalized spacial score (nSPS) is 37.8. The highest BCUT2D eigenvalue weighted by Gasteiger charge is 2.55. The molecular weight excluding hydrogens is 368 g/mol. The van der Waals surface area contributed by atoms with E-state index in [2.05, 4.69) is 6.92 Å². The number of carbonyl (C=O) groups excluding carboxylic acids is 1. The molecular formula is C28H48O2. The van der Waals surface area contributed by atoms with Crippen LogP contribution in [0.3, 0.4) is 0 Å². The molecule has 0 amide bonds. The lowest BCUT2D eigenvalue weighted by Gasteiger charge is -2.55. The third-order valence-electron chi connectivity index (χ3n) is 9.91. The first kappa shape index (κ1) is 22.7. The van der Waals surface area contributed by atoms with E-state index in [1.54, 1.807) is 0 Å². The molecule has 172 valence electrons. The van der Waals surface area contributed by atoms with E-state index in [-0.39, 0.29) is 5.97 Å². The van der Waals surface area contributed by atoms with Crippen molar-refractivity contribution in [2.75, 3.05) is 6.61 Å². The minimum absolute atomic E-state index is 0.0849. The van der Waals surface area contributed by atoms with Gasteiger partial charge in [-0.1, -0.05) is 71.1 Å². The molecule has 2 nitrogen and oxygen atoms in total. The molecule has 0 saturated heterocycles. The molecule has 6 atom stereocenters. The van der Waals surface area contributed by atoms with Crippen LogP contribution in [0.15, 0.2) is 0 Å². The number of unbranched alkanes of at least 4 members (excludes halogenated alkanes) is 6. The molecule has 2 heteroatoms. The van der Waals surface area contributed by atoms with Crippen LogP contribution in [0.2, 0.25) is 0 Å². The Hall–Kier alpha value is -0.530. The highest BCUT2D eigenvalue weighted by atomic mass is 16.5. The molecule has 0 aromatic carbocycles. The van der Waals surface area contributed by atoms with Gasteiger partial charge in [-0.2, -0.15) is 0 Å². The van der Waals surface area contributed by atoms with Gasteiger partial charge in [-0.3, -0.25) is 4.79 Å². The van der Waals surface area contributed by atoms with Crippen LogP contribution in [0.1, 0.15) is 129 Å². The van der Waals surface area contributed by atoms with E-state index in [9.17, 15) is 4.79 Å². The molecule has 0 bridgehead atoms. The summed E-state index contributed by atoms with van der Waals surface area (Å²) in [6, 6.07) is 0. The average Bonchev–Trinajstić information content (AvgIpc) is 3.21. The number of hydrogen-bond acceptors (Lipinski definition) is 2. The Morgan fingerprint density at radius 2 is 1.57 bits per heavy atom. The molecule has 0 radical (unpaired) electrons. The fourth-order valence-electron chi connectivity index (χ4n) is 8.40. The number of hydrogen-bond donors (Lipinski definition) is 0. The zero-order valence-electron chi connectivity index (χ0n) is 19.8. The molecule has 0 heterocycles. The van der Waals surface area contributed by atoms with Gasteiger partial charge in [-0.15, -0.1) is 0 Å². The predicted octanol–water partition coefficient (Wildman–Crippen LogP) is 8.08. The fraction of sp³-hybridized carbons (Fsp3) is 0.964. The van der Waals surface area contributed by atoms with Gasteiger partial charge >= 0.3 is 5.97 Å². The summed E-state index contributed by atoms with van der Waals surface area (Å²) < 4.78 is 5.98. The maximum absolute atomic E-state index is 12.5. The zero-order chi connectivity index (χ0) is 20.8. The molecule has 4 rings (SSSR count). The van der Waals surface area contributed by atoms with Crippen LogP contribution in [0.5, 0.6) is 0 Å². The minimum Gasteiger partial charge on any atom is -0.465 e. The second-order valence-corrected chi connectivity index (χ2v) is 11.5. The number of rotatable bonds is 10. The first-order valence-corrected chi connectivity index (χ1v) is 13.9. The van der Waals surface area contributed by atoms with Crippen molar-refractivity contribution in [1.29, 1.82) is 0 Å². The van der Waals surface area contributed by atoms with Crippen LogP contribution in [0.25, 0.3) is 0 Å². The molecule has 0 spiro atoms. The van der Waals surface area contributed by atoms with Gasteiger partial charge in [0.15, 0.2) is 0 Å². The summed E-state index contributed by atoms with van der Waals surface area (Å²) in [4.78, 5) is 12.5. The monoisotopic (exact) mass is 416 g/mol. The maximum atomic E-state index is 12.5. The summed E-state index contributed by atoms with van der Waals surface area (Å²) in [5.41, 5.74) is 0.346. The third kappa shape index (κ3) is 5.09. The Balaban J connectivity index is 1.23. The zero-order valence-corrected chi connectivity index (χ0v) is 19.8. The average molecular weight is 417 g/mol. The van der Waals surface area contributed by atoms with E-state index in [1.165, 1.54) is 109 Å². The van der Waals surface area contributed by atoms with Crippen LogP contribution in [-0.4, -0.2) is 12.6 Å². The number of esters is 1. The first-order valence-electron chi connectivity index (χ1n) is 13.9. The predicted molar refractivity (Wildman–Crippen MR) is 124 cm³/mol. The van der Waals surface area contributed by atoms with Crippen LogP contribution in [0, 0.1) is 35.0 Å². The molecule has 0 aliphatic heterocycles. The van der Waals surface area contributed by atoms with Crippen molar-refractivity contribution < 1.29 is 9.53 Å². The van der Waals surface area contributed by atoms with Gasteiger partial charge in [-0.25, -0.2) is 0 Å². The highest BCUT2D eigenvalue weighted by Crippen LogP contribution is 2.62. The van der Waals surface area contributed by atoms with Crippen LogP contribution < -0.4 is 0 Å². The van der Waals surface area contributed by atoms with E-state index < -0.39 is 0 Å². The molecule has 0 N–H and O–H groups in total. The summed E-state index contributed by atoms with van der Waals surface area (Å²) >= 11 is 0. The fourth-order valence-corrected chi connectivity index (χ4v) is 8.40. The van der Waals surface area contributed by atoms with Crippen molar-refractivity contribution >= 4 is 5.97 Å². The molecule has 4 fully saturated rings. The summed E-state index contributed by atoms with van der Waals surface area (Å²) in [7, 11) is 0. The van der Waals surface area contributed by atoms with Gasteiger partial charge < -0.3 is 4.74 Å². The second kappa shape index (κ2) is 10.9. The quantitative estimate of drug-likeness (QED) is 0.266. The van der Waals surface area contributed by atoms with Crippen molar-refractivity contribution in [1.82, 2.24) is 0 Å². The van der Waals surface area contributed by atoms with Gasteiger partial charge in [0, 0.05) is 11.8 Å². The van der Waals surface area contributed by atoms with Gasteiger partial charge in [0.2, 0.25) is 0 Å². The van der Waals surface area contributed by atoms with Gasteiger partial charge in [0.25, 0.3) is 0 Å². The van der Waals surface area contributed by atoms with Gasteiger partial charge in [0.05, 0.1) is 6.61 Å². The summed E-state index contributed by atoms with van der Waals surface area (Å²) in [6.07, 6.45) is 25.3. The standard InChI is InChI=1S/C28H48O2/c1-2-3-4-5-6-7-8-15-27(29)30-21-28-19-11-14-26(28)25-17-16-22-12-9-10-13-23(22)24(25)18-20-28/h22-26H,2-21H2,1H3/t22?,23-,24+,25+,26-,28-/m0/s1. The lowest BCUT2D eigenvalue weighted by atomic mass is 9.50. The SMILES string of the molecule is CCCCCCCCCC(=O)OC[C@@]12CCC[C@H]1[C@@H]1CCC3CCCC[C@@H]3[C@H]1CC2. The van der Waals surface area contributed by atoms with E-state index in [0.717, 1.165) is 42.6 Å². The third-order valence-corrected chi connectivity index (χ3v) is 9.91. The minimum atomic E-state index is 0.0849. The van der Waals surface area contributed by atoms with Crippen molar-refractivity contribution in [3.63, 3.8) is 0 Å². The molecule has 1 unspecified atom stereocenters. The number of ether oxygens (including phenoxy) is 1. The van der Waals surface area contributed by atoms with Gasteiger partial charge in [0.1, 0.15) is 0 Å². The van der Waals surface area contributed by atoms with Gasteiger partial charge in [-0.05, 0) is 81.0 Å². The Morgan fingerprint density at radius 3 is 2.43 bits per heavy atom.